The maximum Gasteiger partial charge on any atom is 0.191 e. The van der Waals surface area contributed by atoms with Gasteiger partial charge >= 0.3 is 0 Å². The van der Waals surface area contributed by atoms with Crippen molar-refractivity contribution in [1.82, 2.24) is 14.8 Å². The number of nitriles is 1. The Morgan fingerprint density at radius 3 is 2.63 bits per heavy atom. The van der Waals surface area contributed by atoms with Crippen molar-refractivity contribution in [1.29, 1.82) is 5.26 Å². The van der Waals surface area contributed by atoms with Gasteiger partial charge in [0.15, 0.2) is 16.8 Å². The van der Waals surface area contributed by atoms with Gasteiger partial charge in [-0.25, -0.2) is 0 Å². The number of hydrogen-bond acceptors (Lipinski definition) is 7. The average molecular weight is 422 g/mol. The van der Waals surface area contributed by atoms with E-state index in [1.54, 1.807) is 31.4 Å². The van der Waals surface area contributed by atoms with E-state index in [0.29, 0.717) is 22.8 Å². The third kappa shape index (κ3) is 4.81. The van der Waals surface area contributed by atoms with Crippen LogP contribution in [0.25, 0.3) is 0 Å². The van der Waals surface area contributed by atoms with Gasteiger partial charge in [-0.15, -0.1) is 10.2 Å². The summed E-state index contributed by atoms with van der Waals surface area (Å²) in [6.07, 6.45) is 0. The Morgan fingerprint density at radius 2 is 1.97 bits per heavy atom. The minimum absolute atomic E-state index is 0.0168. The molecule has 8 heteroatoms. The molecule has 1 atom stereocenters. The van der Waals surface area contributed by atoms with Crippen molar-refractivity contribution in [3.63, 3.8) is 0 Å². The van der Waals surface area contributed by atoms with Crippen LogP contribution in [0.3, 0.4) is 0 Å². The first-order valence-electron chi connectivity index (χ1n) is 9.56. The van der Waals surface area contributed by atoms with Gasteiger partial charge in [-0.1, -0.05) is 36.0 Å². The molecule has 30 heavy (non-hydrogen) atoms. The van der Waals surface area contributed by atoms with Crippen molar-refractivity contribution < 1.29 is 9.53 Å². The normalized spacial score (nSPS) is 11.5. The molecule has 0 aliphatic carbocycles. The van der Waals surface area contributed by atoms with Gasteiger partial charge in [0, 0.05) is 12.1 Å². The number of ether oxygens (including phenoxy) is 1. The molecule has 0 saturated carbocycles. The zero-order valence-corrected chi connectivity index (χ0v) is 17.9. The Balaban J connectivity index is 1.70. The summed E-state index contributed by atoms with van der Waals surface area (Å²) in [6, 6.07) is 16.3. The zero-order chi connectivity index (χ0) is 21.5. The van der Waals surface area contributed by atoms with Crippen molar-refractivity contribution >= 4 is 23.2 Å². The number of methoxy groups -OCH3 is 1. The second-order valence-electron chi connectivity index (χ2n) is 6.55. The fourth-order valence-electron chi connectivity index (χ4n) is 3.03. The van der Waals surface area contributed by atoms with Gasteiger partial charge in [0.25, 0.3) is 0 Å². The van der Waals surface area contributed by atoms with E-state index in [2.05, 4.69) is 21.6 Å². The first-order valence-corrected chi connectivity index (χ1v) is 10.5. The highest BCUT2D eigenvalue weighted by Gasteiger charge is 2.19. The Hall–Kier alpha value is -3.31. The van der Waals surface area contributed by atoms with Gasteiger partial charge in [-0.2, -0.15) is 5.26 Å². The molecule has 1 heterocycles. The van der Waals surface area contributed by atoms with Crippen LogP contribution in [-0.4, -0.2) is 33.4 Å². The Morgan fingerprint density at radius 1 is 1.23 bits per heavy atom. The molecular formula is C22H23N5O2S. The summed E-state index contributed by atoms with van der Waals surface area (Å²) < 4.78 is 7.40. The van der Waals surface area contributed by atoms with E-state index < -0.39 is 0 Å². The van der Waals surface area contributed by atoms with Crippen molar-refractivity contribution in [3.05, 3.63) is 65.5 Å². The maximum atomic E-state index is 12.5. The number of para-hydroxylation sites is 2. The molecule has 0 amide bonds. The molecule has 3 aromatic rings. The third-order valence-electron chi connectivity index (χ3n) is 4.60. The Bertz CT molecular complexity index is 1060. The van der Waals surface area contributed by atoms with E-state index in [0.717, 1.165) is 17.3 Å². The molecular weight excluding hydrogens is 398 g/mol. The first-order chi connectivity index (χ1) is 14.6. The molecule has 154 valence electrons. The number of carbonyl (C=O) groups is 1. The molecule has 0 saturated heterocycles. The molecule has 0 fully saturated rings. The van der Waals surface area contributed by atoms with E-state index in [4.69, 9.17) is 10.00 Å². The summed E-state index contributed by atoms with van der Waals surface area (Å²) in [5.74, 6) is 1.78. The van der Waals surface area contributed by atoms with Crippen LogP contribution < -0.4 is 10.1 Å². The number of thioether (sulfide) groups is 1. The highest BCUT2D eigenvalue weighted by molar-refractivity contribution is 7.99. The average Bonchev–Trinajstić information content (AvgIpc) is 3.21. The number of rotatable bonds is 9. The van der Waals surface area contributed by atoms with Crippen LogP contribution in [0.4, 0.5) is 5.69 Å². The van der Waals surface area contributed by atoms with Crippen molar-refractivity contribution in [2.24, 2.45) is 0 Å². The van der Waals surface area contributed by atoms with E-state index in [1.165, 1.54) is 11.8 Å². The summed E-state index contributed by atoms with van der Waals surface area (Å²) in [4.78, 5) is 12.5. The number of hydrogen-bond donors (Lipinski definition) is 1. The largest absolute Gasteiger partial charge is 0.495 e. The topological polar surface area (TPSA) is 92.8 Å². The zero-order valence-electron chi connectivity index (χ0n) is 17.1. The number of anilines is 1. The molecule has 7 nitrogen and oxygen atoms in total. The maximum absolute atomic E-state index is 12.5. The minimum atomic E-state index is -0.0997. The molecule has 0 aliphatic rings. The number of carbonyl (C=O) groups excluding carboxylic acids is 1. The molecule has 1 aromatic heterocycles. The molecule has 0 bridgehead atoms. The van der Waals surface area contributed by atoms with Crippen LogP contribution >= 0.6 is 11.8 Å². The lowest BCUT2D eigenvalue weighted by Gasteiger charge is -2.18. The number of nitrogens with one attached hydrogen (secondary N) is 1. The third-order valence-corrected chi connectivity index (χ3v) is 5.56. The molecule has 2 aromatic carbocycles. The van der Waals surface area contributed by atoms with Gasteiger partial charge < -0.3 is 14.6 Å². The summed E-state index contributed by atoms with van der Waals surface area (Å²) >= 11 is 1.36. The number of Topliss-reactive ketones (excluding diaryl/α,β-unsaturated/α-hetero) is 1. The summed E-state index contributed by atoms with van der Waals surface area (Å²) in [5.41, 5.74) is 1.99. The molecule has 0 spiro atoms. The van der Waals surface area contributed by atoms with Gasteiger partial charge in [-0.05, 0) is 38.1 Å². The van der Waals surface area contributed by atoms with Crippen LogP contribution in [0, 0.1) is 11.3 Å². The van der Waals surface area contributed by atoms with E-state index in [-0.39, 0.29) is 17.6 Å². The van der Waals surface area contributed by atoms with Gasteiger partial charge in [-0.3, -0.25) is 4.79 Å². The monoisotopic (exact) mass is 421 g/mol. The van der Waals surface area contributed by atoms with Gasteiger partial charge in [0.1, 0.15) is 5.75 Å². The number of nitrogens with zero attached hydrogens (tertiary/aromatic N) is 4. The summed E-state index contributed by atoms with van der Waals surface area (Å²) in [7, 11) is 1.64. The van der Waals surface area contributed by atoms with E-state index in [9.17, 15) is 4.79 Å². The van der Waals surface area contributed by atoms with Crippen LogP contribution in [0.5, 0.6) is 5.75 Å². The van der Waals surface area contributed by atoms with Crippen molar-refractivity contribution in [3.8, 4) is 11.8 Å². The number of ketones is 1. The summed E-state index contributed by atoms with van der Waals surface area (Å²) in [6.45, 7) is 4.72. The highest BCUT2D eigenvalue weighted by atomic mass is 32.2. The smallest absolute Gasteiger partial charge is 0.191 e. The predicted octanol–water partition coefficient (Wildman–Crippen LogP) is 4.33. The fourth-order valence-corrected chi connectivity index (χ4v) is 3.93. The molecule has 0 aliphatic heterocycles. The molecule has 0 radical (unpaired) electrons. The Kier molecular flexibility index (Phi) is 7.09. The van der Waals surface area contributed by atoms with Gasteiger partial charge in [0.2, 0.25) is 0 Å². The lowest BCUT2D eigenvalue weighted by atomic mass is 10.1. The van der Waals surface area contributed by atoms with Gasteiger partial charge in [0.05, 0.1) is 36.2 Å². The second kappa shape index (κ2) is 9.94. The molecule has 0 unspecified atom stereocenters. The SMILES string of the molecule is CCn1c(SCC(=O)c2ccc(C#N)cc2)nnc1[C@H](C)Nc1ccccc1OC. The van der Waals surface area contributed by atoms with E-state index in [1.807, 2.05) is 42.7 Å². The molecule has 3 rings (SSSR count). The number of aromatic nitrogens is 3. The lowest BCUT2D eigenvalue weighted by Crippen LogP contribution is -2.14. The highest BCUT2D eigenvalue weighted by Crippen LogP contribution is 2.28. The second-order valence-corrected chi connectivity index (χ2v) is 7.49. The van der Waals surface area contributed by atoms with Crippen molar-refractivity contribution in [2.75, 3.05) is 18.2 Å². The standard InChI is InChI=1S/C22H23N5O2S/c1-4-27-21(15(2)24-18-7-5-6-8-20(18)29-3)25-26-22(27)30-14-19(28)17-11-9-16(13-23)10-12-17/h5-12,15,24H,4,14H2,1-3H3/t15-/m0/s1. The number of benzene rings is 2. The van der Waals surface area contributed by atoms with Crippen LogP contribution in [0.15, 0.2) is 53.7 Å². The first kappa shape index (κ1) is 21.4. The van der Waals surface area contributed by atoms with Crippen LogP contribution in [0.2, 0.25) is 0 Å². The van der Waals surface area contributed by atoms with E-state index >= 15 is 0 Å². The van der Waals surface area contributed by atoms with Crippen molar-refractivity contribution in [2.45, 2.75) is 31.6 Å². The fraction of sp³-hybridized carbons (Fsp3) is 0.273. The van der Waals surface area contributed by atoms with Crippen LogP contribution in [0.1, 0.15) is 41.6 Å². The van der Waals surface area contributed by atoms with Crippen LogP contribution in [-0.2, 0) is 6.54 Å². The summed E-state index contributed by atoms with van der Waals surface area (Å²) in [5, 5.41) is 21.6. The lowest BCUT2D eigenvalue weighted by molar-refractivity contribution is 0.102. The Labute approximate surface area is 180 Å². The molecule has 1 N–H and O–H groups in total. The predicted molar refractivity (Wildman–Crippen MR) is 117 cm³/mol. The minimum Gasteiger partial charge on any atom is -0.495 e. The quantitative estimate of drug-likeness (QED) is 0.406.